The van der Waals surface area contributed by atoms with Crippen LogP contribution in [0, 0.1) is 6.92 Å². The molecule has 1 aliphatic rings. The van der Waals surface area contributed by atoms with Crippen LogP contribution in [0.25, 0.3) is 11.3 Å². The van der Waals surface area contributed by atoms with Crippen molar-refractivity contribution in [2.45, 2.75) is 26.4 Å². The maximum Gasteiger partial charge on any atom is 0.273 e. The topological polar surface area (TPSA) is 112 Å². The number of carbonyl (C=O) groups excluding carboxylic acids is 1. The maximum absolute atomic E-state index is 13.5. The predicted octanol–water partition coefficient (Wildman–Crippen LogP) is 4.53. The molecule has 33 heavy (non-hydrogen) atoms. The first-order valence-corrected chi connectivity index (χ1v) is 10.6. The maximum atomic E-state index is 13.5. The lowest BCUT2D eigenvalue weighted by molar-refractivity contribution is 0.0716. The van der Waals surface area contributed by atoms with Gasteiger partial charge in [-0.2, -0.15) is 5.10 Å². The van der Waals surface area contributed by atoms with Crippen molar-refractivity contribution < 1.29 is 24.2 Å². The molecule has 5 rings (SSSR count). The number of hydrogen-bond donors (Lipinski definition) is 3. The number of nitrogens with zero attached hydrogens (tertiary/aromatic N) is 2. The first kappa shape index (κ1) is 20.7. The highest BCUT2D eigenvalue weighted by Gasteiger charge is 2.43. The summed E-state index contributed by atoms with van der Waals surface area (Å²) in [4.78, 5) is 15.1. The van der Waals surface area contributed by atoms with E-state index < -0.39 is 6.04 Å². The molecule has 0 aliphatic carbocycles. The zero-order valence-electron chi connectivity index (χ0n) is 18.2. The van der Waals surface area contributed by atoms with Crippen LogP contribution in [0.15, 0.2) is 59.2 Å². The number of amides is 1. The third-order valence-electron chi connectivity index (χ3n) is 5.78. The Morgan fingerprint density at radius 3 is 2.73 bits per heavy atom. The van der Waals surface area contributed by atoms with E-state index in [1.54, 1.807) is 41.5 Å². The molecule has 0 fully saturated rings. The molecular formula is C25H23N3O5. The van der Waals surface area contributed by atoms with E-state index in [-0.39, 0.29) is 24.0 Å². The summed E-state index contributed by atoms with van der Waals surface area (Å²) in [6.45, 7) is 4.39. The van der Waals surface area contributed by atoms with E-state index >= 15 is 0 Å². The molecule has 4 aromatic rings. The number of benzene rings is 2. The number of nitrogens with one attached hydrogen (secondary N) is 1. The molecule has 0 radical (unpaired) electrons. The molecule has 3 N–H and O–H groups in total. The number of aromatic nitrogens is 2. The van der Waals surface area contributed by atoms with Crippen LogP contribution < -0.4 is 4.74 Å². The third-order valence-corrected chi connectivity index (χ3v) is 5.78. The van der Waals surface area contributed by atoms with Crippen molar-refractivity contribution in [3.05, 3.63) is 82.9 Å². The number of aromatic hydroxyl groups is 2. The smallest absolute Gasteiger partial charge is 0.273 e. The summed E-state index contributed by atoms with van der Waals surface area (Å²) >= 11 is 0. The lowest BCUT2D eigenvalue weighted by Gasteiger charge is -2.26. The van der Waals surface area contributed by atoms with Crippen LogP contribution in [0.1, 0.15) is 45.9 Å². The predicted molar refractivity (Wildman–Crippen MR) is 120 cm³/mol. The highest BCUT2D eigenvalue weighted by molar-refractivity contribution is 6.00. The van der Waals surface area contributed by atoms with Gasteiger partial charge in [0.25, 0.3) is 5.91 Å². The number of hydrogen-bond acceptors (Lipinski definition) is 6. The van der Waals surface area contributed by atoms with Gasteiger partial charge in [-0.3, -0.25) is 9.89 Å². The van der Waals surface area contributed by atoms with Gasteiger partial charge in [0.15, 0.2) is 11.5 Å². The summed E-state index contributed by atoms with van der Waals surface area (Å²) in [6, 6.07) is 13.4. The molecule has 8 heteroatoms. The number of aromatic amines is 1. The third kappa shape index (κ3) is 3.49. The van der Waals surface area contributed by atoms with E-state index in [2.05, 4.69) is 10.2 Å². The van der Waals surface area contributed by atoms with Crippen LogP contribution >= 0.6 is 0 Å². The summed E-state index contributed by atoms with van der Waals surface area (Å²) in [5.74, 6) is 0.827. The van der Waals surface area contributed by atoms with Crippen molar-refractivity contribution in [3.8, 4) is 28.5 Å². The summed E-state index contributed by atoms with van der Waals surface area (Å²) < 4.78 is 11.1. The van der Waals surface area contributed by atoms with Crippen molar-refractivity contribution in [2.75, 3.05) is 6.61 Å². The number of aryl methyl sites for hydroxylation is 1. The van der Waals surface area contributed by atoms with Gasteiger partial charge in [-0.1, -0.05) is 17.7 Å². The number of furan rings is 1. The molecule has 1 amide bonds. The number of rotatable bonds is 6. The zero-order valence-corrected chi connectivity index (χ0v) is 18.2. The van der Waals surface area contributed by atoms with Crippen molar-refractivity contribution in [3.63, 3.8) is 0 Å². The van der Waals surface area contributed by atoms with Crippen molar-refractivity contribution in [1.29, 1.82) is 0 Å². The Kier molecular flexibility index (Phi) is 5.05. The van der Waals surface area contributed by atoms with E-state index in [4.69, 9.17) is 9.15 Å². The summed E-state index contributed by atoms with van der Waals surface area (Å²) in [5, 5.41) is 28.1. The minimum Gasteiger partial charge on any atom is -0.507 e. The fraction of sp³-hybridized carbons (Fsp3) is 0.200. The number of fused-ring (bicyclic) bond motifs is 1. The number of carbonyl (C=O) groups is 1. The van der Waals surface area contributed by atoms with Gasteiger partial charge < -0.3 is 24.3 Å². The number of phenolic OH excluding ortho intramolecular Hbond substituents is 2. The first-order valence-electron chi connectivity index (χ1n) is 10.6. The molecule has 0 saturated carbocycles. The van der Waals surface area contributed by atoms with Crippen molar-refractivity contribution in [1.82, 2.24) is 15.1 Å². The van der Waals surface area contributed by atoms with E-state index in [9.17, 15) is 15.0 Å². The van der Waals surface area contributed by atoms with Gasteiger partial charge in [-0.25, -0.2) is 0 Å². The monoisotopic (exact) mass is 445 g/mol. The van der Waals surface area contributed by atoms with Gasteiger partial charge in [0, 0.05) is 11.1 Å². The van der Waals surface area contributed by atoms with E-state index in [0.29, 0.717) is 40.6 Å². The minimum atomic E-state index is -0.536. The fourth-order valence-electron chi connectivity index (χ4n) is 4.29. The molecule has 0 spiro atoms. The molecule has 3 heterocycles. The minimum absolute atomic E-state index is 0.0199. The molecular weight excluding hydrogens is 422 g/mol. The summed E-state index contributed by atoms with van der Waals surface area (Å²) in [5.41, 5.74) is 3.74. The average Bonchev–Trinajstić information content (AvgIpc) is 3.52. The fourth-order valence-corrected chi connectivity index (χ4v) is 4.29. The van der Waals surface area contributed by atoms with Gasteiger partial charge in [-0.15, -0.1) is 0 Å². The molecule has 1 atom stereocenters. The van der Waals surface area contributed by atoms with Crippen LogP contribution in [0.3, 0.4) is 0 Å². The summed E-state index contributed by atoms with van der Waals surface area (Å²) in [7, 11) is 0. The second-order valence-electron chi connectivity index (χ2n) is 7.96. The Morgan fingerprint density at radius 1 is 1.15 bits per heavy atom. The molecule has 0 saturated heterocycles. The lowest BCUT2D eigenvalue weighted by atomic mass is 9.94. The normalized spacial score (nSPS) is 15.2. The zero-order chi connectivity index (χ0) is 23.1. The Morgan fingerprint density at radius 2 is 1.97 bits per heavy atom. The largest absolute Gasteiger partial charge is 0.507 e. The van der Waals surface area contributed by atoms with Gasteiger partial charge in [0.05, 0.1) is 25.5 Å². The number of ether oxygens (including phenoxy) is 1. The van der Waals surface area contributed by atoms with Crippen LogP contribution in [0.5, 0.6) is 17.2 Å². The van der Waals surface area contributed by atoms with Crippen LogP contribution in [-0.4, -0.2) is 37.8 Å². The van der Waals surface area contributed by atoms with E-state index in [0.717, 1.165) is 11.1 Å². The highest BCUT2D eigenvalue weighted by Crippen LogP contribution is 2.46. The molecule has 2 aromatic carbocycles. The first-order chi connectivity index (χ1) is 16.0. The molecule has 0 unspecified atom stereocenters. The Bertz CT molecular complexity index is 1330. The quantitative estimate of drug-likeness (QED) is 0.402. The molecule has 2 aromatic heterocycles. The van der Waals surface area contributed by atoms with Gasteiger partial charge in [0.2, 0.25) is 0 Å². The van der Waals surface area contributed by atoms with Crippen LogP contribution in [-0.2, 0) is 6.54 Å². The molecule has 168 valence electrons. The molecule has 0 bridgehead atoms. The van der Waals surface area contributed by atoms with E-state index in [1.807, 2.05) is 32.0 Å². The Hall–Kier alpha value is -4.20. The number of phenols is 2. The molecule has 8 nitrogen and oxygen atoms in total. The van der Waals surface area contributed by atoms with Crippen LogP contribution in [0.4, 0.5) is 0 Å². The Labute approximate surface area is 190 Å². The van der Waals surface area contributed by atoms with Crippen molar-refractivity contribution >= 4 is 5.91 Å². The van der Waals surface area contributed by atoms with Gasteiger partial charge >= 0.3 is 0 Å². The van der Waals surface area contributed by atoms with Gasteiger partial charge in [0.1, 0.15) is 22.9 Å². The lowest BCUT2D eigenvalue weighted by Crippen LogP contribution is -2.29. The van der Waals surface area contributed by atoms with Gasteiger partial charge in [-0.05, 0) is 55.8 Å². The average molecular weight is 445 g/mol. The highest BCUT2D eigenvalue weighted by atomic mass is 16.5. The van der Waals surface area contributed by atoms with E-state index in [1.165, 1.54) is 0 Å². The van der Waals surface area contributed by atoms with Crippen LogP contribution in [0.2, 0.25) is 0 Å². The second-order valence-corrected chi connectivity index (χ2v) is 7.96. The molecule has 1 aliphatic heterocycles. The summed E-state index contributed by atoms with van der Waals surface area (Å²) in [6.07, 6.45) is 1.57. The SMILES string of the molecule is CCOc1cc([C@H]2c3c(-c4cc(C)ccc4O)n[nH]c3C(=O)N2Cc2ccco2)ccc1O. The standard InChI is InChI=1S/C25H23N3O5/c1-3-32-20-12-15(7-9-19(20)30)24-21-22(17-11-14(2)6-8-18(17)29)26-27-23(21)25(31)28(24)13-16-5-4-10-33-16/h4-12,24,29-30H,3,13H2,1-2H3,(H,26,27)/t24-/m0/s1. The number of H-pyrrole nitrogens is 1. The van der Waals surface area contributed by atoms with Crippen molar-refractivity contribution in [2.24, 2.45) is 0 Å². The second kappa shape index (κ2) is 8.05. The Balaban J connectivity index is 1.69.